The number of hydrogen-bond donors (Lipinski definition) is 0. The molecule has 0 aromatic carbocycles. The number of pyridine rings is 1. The number of alkyl halides is 1. The molecule has 0 saturated carbocycles. The average molecular weight is 218 g/mol. The molecule has 72 valence electrons. The van der Waals surface area contributed by atoms with Crippen molar-refractivity contribution in [2.45, 2.75) is 11.9 Å². The van der Waals surface area contributed by atoms with E-state index < -0.39 is 0 Å². The van der Waals surface area contributed by atoms with Gasteiger partial charge in [-0.15, -0.1) is 23.4 Å². The second-order valence-corrected chi connectivity index (χ2v) is 3.74. The Morgan fingerprint density at radius 2 is 2.46 bits per heavy atom. The molecule has 0 N–H and O–H groups in total. The van der Waals surface area contributed by atoms with Gasteiger partial charge in [0.2, 0.25) is 0 Å². The Labute approximate surface area is 87.7 Å². The van der Waals surface area contributed by atoms with Gasteiger partial charge in [0.05, 0.1) is 6.61 Å². The summed E-state index contributed by atoms with van der Waals surface area (Å²) >= 11 is 7.21. The first-order chi connectivity index (χ1) is 6.38. The summed E-state index contributed by atoms with van der Waals surface area (Å²) in [7, 11) is 0. The van der Waals surface area contributed by atoms with Gasteiger partial charge in [-0.05, 0) is 19.1 Å². The molecular weight excluding hydrogens is 206 g/mol. The van der Waals surface area contributed by atoms with Crippen molar-refractivity contribution >= 4 is 23.4 Å². The molecule has 0 spiro atoms. The summed E-state index contributed by atoms with van der Waals surface area (Å²) in [6, 6.07) is 3.79. The van der Waals surface area contributed by atoms with Gasteiger partial charge in [-0.2, -0.15) is 0 Å². The van der Waals surface area contributed by atoms with Gasteiger partial charge in [0, 0.05) is 17.8 Å². The molecule has 1 rings (SSSR count). The van der Waals surface area contributed by atoms with E-state index in [4.69, 9.17) is 16.3 Å². The smallest absolute Gasteiger partial charge is 0.151 e. The zero-order valence-electron chi connectivity index (χ0n) is 7.50. The molecule has 1 heterocycles. The van der Waals surface area contributed by atoms with E-state index in [0.717, 1.165) is 16.5 Å². The Kier molecular flexibility index (Phi) is 5.01. The lowest BCUT2D eigenvalue weighted by Gasteiger charge is -2.06. The zero-order chi connectivity index (χ0) is 9.52. The Balaban J connectivity index is 2.66. The predicted octanol–water partition coefficient (Wildman–Crippen LogP) is 2.81. The van der Waals surface area contributed by atoms with E-state index in [9.17, 15) is 0 Å². The SMILES string of the molecule is CCOc1cccnc1SCCCl. The van der Waals surface area contributed by atoms with Crippen LogP contribution < -0.4 is 4.74 Å². The van der Waals surface area contributed by atoms with Crippen LogP contribution in [0.15, 0.2) is 23.4 Å². The number of hydrogen-bond acceptors (Lipinski definition) is 3. The average Bonchev–Trinajstić information content (AvgIpc) is 2.17. The second kappa shape index (κ2) is 6.11. The van der Waals surface area contributed by atoms with Gasteiger partial charge in [0.15, 0.2) is 5.75 Å². The molecular formula is C9H12ClNOS. The molecule has 0 aliphatic rings. The van der Waals surface area contributed by atoms with Gasteiger partial charge >= 0.3 is 0 Å². The first-order valence-corrected chi connectivity index (χ1v) is 5.67. The highest BCUT2D eigenvalue weighted by Gasteiger charge is 2.03. The van der Waals surface area contributed by atoms with Crippen LogP contribution in [0.4, 0.5) is 0 Å². The molecule has 4 heteroatoms. The molecule has 0 atom stereocenters. The van der Waals surface area contributed by atoms with Crippen molar-refractivity contribution in [3.8, 4) is 5.75 Å². The second-order valence-electron chi connectivity index (χ2n) is 2.28. The molecule has 13 heavy (non-hydrogen) atoms. The first kappa shape index (κ1) is 10.7. The molecule has 1 aromatic rings. The number of rotatable bonds is 5. The highest BCUT2D eigenvalue weighted by molar-refractivity contribution is 7.99. The van der Waals surface area contributed by atoms with E-state index in [-0.39, 0.29) is 0 Å². The number of ether oxygens (including phenoxy) is 1. The van der Waals surface area contributed by atoms with E-state index in [0.29, 0.717) is 12.5 Å². The molecule has 1 aromatic heterocycles. The molecule has 0 unspecified atom stereocenters. The van der Waals surface area contributed by atoms with E-state index in [1.807, 2.05) is 19.1 Å². The van der Waals surface area contributed by atoms with Crippen molar-refractivity contribution in [1.29, 1.82) is 0 Å². The summed E-state index contributed by atoms with van der Waals surface area (Å²) < 4.78 is 5.41. The van der Waals surface area contributed by atoms with Gasteiger partial charge in [0.25, 0.3) is 0 Å². The third-order valence-electron chi connectivity index (χ3n) is 1.35. The van der Waals surface area contributed by atoms with Crippen molar-refractivity contribution in [3.05, 3.63) is 18.3 Å². The Hall–Kier alpha value is -0.410. The highest BCUT2D eigenvalue weighted by Crippen LogP contribution is 2.26. The topological polar surface area (TPSA) is 22.1 Å². The van der Waals surface area contributed by atoms with Crippen molar-refractivity contribution < 1.29 is 4.74 Å². The van der Waals surface area contributed by atoms with E-state index in [1.165, 1.54) is 0 Å². The first-order valence-electron chi connectivity index (χ1n) is 4.15. The normalized spacial score (nSPS) is 10.0. The maximum absolute atomic E-state index is 5.59. The summed E-state index contributed by atoms with van der Waals surface area (Å²) in [5, 5.41) is 0.921. The molecule has 2 nitrogen and oxygen atoms in total. The summed E-state index contributed by atoms with van der Waals surface area (Å²) in [5.74, 6) is 2.34. The number of thioether (sulfide) groups is 1. The number of nitrogens with zero attached hydrogens (tertiary/aromatic N) is 1. The van der Waals surface area contributed by atoms with Gasteiger partial charge in [-0.25, -0.2) is 4.98 Å². The Morgan fingerprint density at radius 3 is 3.15 bits per heavy atom. The highest BCUT2D eigenvalue weighted by atomic mass is 35.5. The molecule has 0 radical (unpaired) electrons. The third-order valence-corrected chi connectivity index (χ3v) is 2.75. The molecule has 0 aliphatic heterocycles. The van der Waals surface area contributed by atoms with Crippen molar-refractivity contribution in [2.75, 3.05) is 18.2 Å². The largest absolute Gasteiger partial charge is 0.491 e. The fourth-order valence-electron chi connectivity index (χ4n) is 0.885. The lowest BCUT2D eigenvalue weighted by atomic mass is 10.5. The molecule has 0 amide bonds. The van der Waals surface area contributed by atoms with Crippen LogP contribution in [0.3, 0.4) is 0 Å². The third kappa shape index (κ3) is 3.44. The molecule has 0 aliphatic carbocycles. The zero-order valence-corrected chi connectivity index (χ0v) is 9.07. The molecule has 0 fully saturated rings. The monoisotopic (exact) mass is 217 g/mol. The number of halogens is 1. The predicted molar refractivity (Wildman–Crippen MR) is 56.9 cm³/mol. The van der Waals surface area contributed by atoms with Gasteiger partial charge in [-0.3, -0.25) is 0 Å². The van der Waals surface area contributed by atoms with Crippen molar-refractivity contribution in [1.82, 2.24) is 4.98 Å². The Bertz CT molecular complexity index is 257. The minimum Gasteiger partial charge on any atom is -0.491 e. The van der Waals surface area contributed by atoms with Crippen LogP contribution in [-0.4, -0.2) is 23.2 Å². The van der Waals surface area contributed by atoms with Crippen LogP contribution in [0, 0.1) is 0 Å². The van der Waals surface area contributed by atoms with E-state index >= 15 is 0 Å². The quantitative estimate of drug-likeness (QED) is 0.560. The summed E-state index contributed by atoms with van der Waals surface area (Å²) in [4.78, 5) is 4.21. The lowest BCUT2D eigenvalue weighted by Crippen LogP contribution is -1.95. The van der Waals surface area contributed by atoms with Crippen LogP contribution in [0.2, 0.25) is 0 Å². The van der Waals surface area contributed by atoms with E-state index in [2.05, 4.69) is 4.98 Å². The maximum Gasteiger partial charge on any atom is 0.151 e. The number of aromatic nitrogens is 1. The summed E-state index contributed by atoms with van der Waals surface area (Å²) in [5.41, 5.74) is 0. The van der Waals surface area contributed by atoms with Gasteiger partial charge < -0.3 is 4.74 Å². The molecule has 0 saturated heterocycles. The summed E-state index contributed by atoms with van der Waals surface area (Å²) in [6.07, 6.45) is 1.76. The maximum atomic E-state index is 5.59. The lowest BCUT2D eigenvalue weighted by molar-refractivity contribution is 0.329. The summed E-state index contributed by atoms with van der Waals surface area (Å²) in [6.45, 7) is 2.63. The van der Waals surface area contributed by atoms with Crippen molar-refractivity contribution in [3.63, 3.8) is 0 Å². The van der Waals surface area contributed by atoms with Crippen LogP contribution in [0.25, 0.3) is 0 Å². The standard InChI is InChI=1S/C9H12ClNOS/c1-2-12-8-4-3-6-11-9(8)13-7-5-10/h3-4,6H,2,5,7H2,1H3. The van der Waals surface area contributed by atoms with Crippen molar-refractivity contribution in [2.24, 2.45) is 0 Å². The Morgan fingerprint density at radius 1 is 1.62 bits per heavy atom. The minimum absolute atomic E-state index is 0.632. The van der Waals surface area contributed by atoms with E-state index in [1.54, 1.807) is 18.0 Å². The minimum atomic E-state index is 0.632. The molecule has 0 bridgehead atoms. The van der Waals surface area contributed by atoms with Crippen LogP contribution >= 0.6 is 23.4 Å². The fraction of sp³-hybridized carbons (Fsp3) is 0.444. The van der Waals surface area contributed by atoms with Crippen LogP contribution in [0.1, 0.15) is 6.92 Å². The fourth-order valence-corrected chi connectivity index (χ4v) is 1.79. The van der Waals surface area contributed by atoms with Gasteiger partial charge in [-0.1, -0.05) is 0 Å². The van der Waals surface area contributed by atoms with Crippen LogP contribution in [0.5, 0.6) is 5.75 Å². The van der Waals surface area contributed by atoms with Gasteiger partial charge in [0.1, 0.15) is 5.03 Å². The van der Waals surface area contributed by atoms with Crippen LogP contribution in [-0.2, 0) is 0 Å².